The second-order valence-electron chi connectivity index (χ2n) is 3.62. The number of nitrogens with one attached hydrogen (secondary N) is 1. The van der Waals surface area contributed by atoms with Crippen LogP contribution in [0, 0.1) is 11.3 Å². The van der Waals surface area contributed by atoms with Gasteiger partial charge in [0, 0.05) is 12.1 Å². The lowest BCUT2D eigenvalue weighted by Gasteiger charge is -2.15. The Labute approximate surface area is 111 Å². The lowest BCUT2D eigenvalue weighted by atomic mass is 10.1. The van der Waals surface area contributed by atoms with Crippen molar-refractivity contribution in [2.45, 2.75) is 13.0 Å². The Morgan fingerprint density at radius 2 is 1.79 bits per heavy atom. The molecule has 1 aromatic carbocycles. The SMILES string of the molecule is COc1cc(OC)c(CNC(=O)CC#N)c(OC)c1. The average molecular weight is 264 g/mol. The van der Waals surface area contributed by atoms with E-state index in [0.717, 1.165) is 0 Å². The summed E-state index contributed by atoms with van der Waals surface area (Å²) < 4.78 is 15.6. The molecular weight excluding hydrogens is 248 g/mol. The summed E-state index contributed by atoms with van der Waals surface area (Å²) in [6, 6.07) is 5.19. The maximum absolute atomic E-state index is 11.3. The number of amides is 1. The topological polar surface area (TPSA) is 80.6 Å². The van der Waals surface area contributed by atoms with E-state index in [1.165, 1.54) is 14.2 Å². The summed E-state index contributed by atoms with van der Waals surface area (Å²) in [7, 11) is 4.59. The molecule has 0 atom stereocenters. The van der Waals surface area contributed by atoms with Gasteiger partial charge in [-0.3, -0.25) is 4.79 Å². The fourth-order valence-corrected chi connectivity index (χ4v) is 1.57. The summed E-state index contributed by atoms with van der Waals surface area (Å²) in [6.07, 6.45) is -0.180. The lowest BCUT2D eigenvalue weighted by molar-refractivity contribution is -0.120. The van der Waals surface area contributed by atoms with Crippen molar-refractivity contribution in [2.24, 2.45) is 0 Å². The van der Waals surface area contributed by atoms with Crippen molar-refractivity contribution < 1.29 is 19.0 Å². The first kappa shape index (κ1) is 14.6. The van der Waals surface area contributed by atoms with E-state index in [4.69, 9.17) is 19.5 Å². The Bertz CT molecular complexity index is 469. The minimum absolute atomic E-state index is 0.180. The smallest absolute Gasteiger partial charge is 0.234 e. The highest BCUT2D eigenvalue weighted by molar-refractivity contribution is 5.78. The molecule has 1 N–H and O–H groups in total. The van der Waals surface area contributed by atoms with Gasteiger partial charge in [0.15, 0.2) is 0 Å². The summed E-state index contributed by atoms with van der Waals surface area (Å²) in [5.74, 6) is 1.35. The van der Waals surface area contributed by atoms with Crippen LogP contribution in [0.3, 0.4) is 0 Å². The van der Waals surface area contributed by atoms with Crippen LogP contribution >= 0.6 is 0 Å². The van der Waals surface area contributed by atoms with Crippen LogP contribution in [0.1, 0.15) is 12.0 Å². The molecule has 0 aliphatic carbocycles. The predicted molar refractivity (Wildman–Crippen MR) is 68.2 cm³/mol. The largest absolute Gasteiger partial charge is 0.496 e. The molecule has 0 aliphatic rings. The maximum atomic E-state index is 11.3. The second-order valence-corrected chi connectivity index (χ2v) is 3.62. The number of nitriles is 1. The van der Waals surface area contributed by atoms with E-state index in [2.05, 4.69) is 5.32 Å². The number of carbonyl (C=O) groups excluding carboxylic acids is 1. The number of ether oxygens (including phenoxy) is 3. The van der Waals surface area contributed by atoms with E-state index < -0.39 is 0 Å². The molecule has 0 bridgehead atoms. The van der Waals surface area contributed by atoms with Gasteiger partial charge in [-0.15, -0.1) is 0 Å². The second kappa shape index (κ2) is 7.11. The quantitative estimate of drug-likeness (QED) is 0.836. The van der Waals surface area contributed by atoms with Crippen LogP contribution in [0.5, 0.6) is 17.2 Å². The fraction of sp³-hybridized carbons (Fsp3) is 0.385. The van der Waals surface area contributed by atoms with Gasteiger partial charge < -0.3 is 19.5 Å². The molecule has 0 radical (unpaired) electrons. The van der Waals surface area contributed by atoms with Gasteiger partial charge in [-0.1, -0.05) is 0 Å². The summed E-state index contributed by atoms with van der Waals surface area (Å²) in [4.78, 5) is 11.3. The third-order valence-electron chi connectivity index (χ3n) is 2.52. The molecule has 0 aromatic heterocycles. The molecule has 1 amide bonds. The average Bonchev–Trinajstić information content (AvgIpc) is 2.44. The van der Waals surface area contributed by atoms with Gasteiger partial charge in [0.05, 0.1) is 39.5 Å². The monoisotopic (exact) mass is 264 g/mol. The van der Waals surface area contributed by atoms with E-state index >= 15 is 0 Å². The van der Waals surface area contributed by atoms with Gasteiger partial charge in [-0.05, 0) is 0 Å². The molecule has 0 heterocycles. The number of hydrogen-bond donors (Lipinski definition) is 1. The van der Waals surface area contributed by atoms with E-state index in [-0.39, 0.29) is 18.9 Å². The predicted octanol–water partition coefficient (Wildman–Crippen LogP) is 1.24. The van der Waals surface area contributed by atoms with Crippen LogP contribution in [-0.4, -0.2) is 27.2 Å². The van der Waals surface area contributed by atoms with Gasteiger partial charge in [-0.25, -0.2) is 0 Å². The van der Waals surface area contributed by atoms with Crippen LogP contribution in [0.25, 0.3) is 0 Å². The summed E-state index contributed by atoms with van der Waals surface area (Å²) >= 11 is 0. The van der Waals surface area contributed by atoms with Crippen LogP contribution in [0.4, 0.5) is 0 Å². The van der Waals surface area contributed by atoms with E-state index in [9.17, 15) is 4.79 Å². The summed E-state index contributed by atoms with van der Waals surface area (Å²) in [5, 5.41) is 11.1. The Hall–Kier alpha value is -2.42. The van der Waals surface area contributed by atoms with Crippen molar-refractivity contribution >= 4 is 5.91 Å². The van der Waals surface area contributed by atoms with Gasteiger partial charge in [-0.2, -0.15) is 5.26 Å². The Morgan fingerprint density at radius 1 is 1.21 bits per heavy atom. The molecule has 0 saturated carbocycles. The van der Waals surface area contributed by atoms with Crippen molar-refractivity contribution in [2.75, 3.05) is 21.3 Å². The van der Waals surface area contributed by atoms with Crippen molar-refractivity contribution in [1.82, 2.24) is 5.32 Å². The van der Waals surface area contributed by atoms with E-state index in [1.807, 2.05) is 0 Å². The highest BCUT2D eigenvalue weighted by Crippen LogP contribution is 2.33. The zero-order chi connectivity index (χ0) is 14.3. The van der Waals surface area contributed by atoms with Crippen molar-refractivity contribution in [3.63, 3.8) is 0 Å². The maximum Gasteiger partial charge on any atom is 0.234 e. The lowest BCUT2D eigenvalue weighted by Crippen LogP contribution is -2.22. The van der Waals surface area contributed by atoms with Gasteiger partial charge in [0.1, 0.15) is 23.7 Å². The van der Waals surface area contributed by atoms with Gasteiger partial charge >= 0.3 is 0 Å². The van der Waals surface area contributed by atoms with Gasteiger partial charge in [0.25, 0.3) is 0 Å². The first-order valence-corrected chi connectivity index (χ1v) is 5.58. The molecule has 0 unspecified atom stereocenters. The zero-order valence-electron chi connectivity index (χ0n) is 11.1. The highest BCUT2D eigenvalue weighted by atomic mass is 16.5. The minimum atomic E-state index is -0.345. The van der Waals surface area contributed by atoms with Crippen LogP contribution in [0.2, 0.25) is 0 Å². The van der Waals surface area contributed by atoms with Crippen molar-refractivity contribution in [3.8, 4) is 23.3 Å². The molecule has 6 heteroatoms. The molecule has 0 saturated heterocycles. The van der Waals surface area contributed by atoms with Crippen molar-refractivity contribution in [1.29, 1.82) is 5.26 Å². The molecule has 6 nitrogen and oxygen atoms in total. The summed E-state index contributed by atoms with van der Waals surface area (Å²) in [5.41, 5.74) is 0.692. The number of nitrogens with zero attached hydrogens (tertiary/aromatic N) is 1. The van der Waals surface area contributed by atoms with Crippen molar-refractivity contribution in [3.05, 3.63) is 17.7 Å². The molecule has 0 spiro atoms. The zero-order valence-corrected chi connectivity index (χ0v) is 11.1. The van der Waals surface area contributed by atoms with Crippen LogP contribution < -0.4 is 19.5 Å². The number of rotatable bonds is 6. The molecular formula is C13H16N2O4. The molecule has 0 fully saturated rings. The standard InChI is InChI=1S/C13H16N2O4/c1-17-9-6-11(18-2)10(12(7-9)19-3)8-15-13(16)4-5-14/h6-7H,4,8H2,1-3H3,(H,15,16). The molecule has 0 aliphatic heterocycles. The number of carbonyl (C=O) groups is 1. The first-order valence-electron chi connectivity index (χ1n) is 5.58. The molecule has 19 heavy (non-hydrogen) atoms. The first-order chi connectivity index (χ1) is 9.15. The third-order valence-corrected chi connectivity index (χ3v) is 2.52. The fourth-order valence-electron chi connectivity index (χ4n) is 1.57. The molecule has 1 aromatic rings. The van der Waals surface area contributed by atoms with Crippen LogP contribution in [0.15, 0.2) is 12.1 Å². The van der Waals surface area contributed by atoms with Crippen LogP contribution in [-0.2, 0) is 11.3 Å². The highest BCUT2D eigenvalue weighted by Gasteiger charge is 2.14. The van der Waals surface area contributed by atoms with Gasteiger partial charge in [0.2, 0.25) is 5.91 Å². The number of methoxy groups -OCH3 is 3. The molecule has 1 rings (SSSR count). The summed E-state index contributed by atoms with van der Waals surface area (Å²) in [6.45, 7) is 0.219. The third kappa shape index (κ3) is 3.78. The Morgan fingerprint density at radius 3 is 2.21 bits per heavy atom. The van der Waals surface area contributed by atoms with E-state index in [1.54, 1.807) is 25.3 Å². The normalized spacial score (nSPS) is 9.37. The van der Waals surface area contributed by atoms with E-state index in [0.29, 0.717) is 22.8 Å². The number of hydrogen-bond acceptors (Lipinski definition) is 5. The Balaban J connectivity index is 2.97. The minimum Gasteiger partial charge on any atom is -0.496 e. The number of benzene rings is 1. The Kier molecular flexibility index (Phi) is 5.48. The molecule has 102 valence electrons.